The number of sulfonamides is 1. The number of rotatable bonds is 2. The van der Waals surface area contributed by atoms with Gasteiger partial charge in [0, 0.05) is 18.0 Å². The van der Waals surface area contributed by atoms with E-state index in [0.717, 1.165) is 0 Å². The minimum Gasteiger partial charge on any atom is -0.379 e. The van der Waals surface area contributed by atoms with E-state index in [1.807, 2.05) is 0 Å². The average molecular weight is 259 g/mol. The molecule has 0 radical (unpaired) electrons. The number of benzene rings is 1. The summed E-state index contributed by atoms with van der Waals surface area (Å²) in [5.74, 6) is 0. The van der Waals surface area contributed by atoms with Gasteiger partial charge in [-0.1, -0.05) is 12.1 Å². The van der Waals surface area contributed by atoms with Crippen molar-refractivity contribution in [2.45, 2.75) is 9.79 Å². The van der Waals surface area contributed by atoms with Crippen molar-refractivity contribution in [3.8, 4) is 0 Å². The highest BCUT2D eigenvalue weighted by Gasteiger charge is 2.27. The standard InChI is InChI=1S/C10H13NO3S2/c12-16(13,11-5-7-14-8-6-11)10-4-2-1-3-9(10)15/h1-4,15H,5-8H2. The number of hydrogen-bond acceptors (Lipinski definition) is 4. The molecule has 1 fully saturated rings. The van der Waals surface area contributed by atoms with Crippen molar-refractivity contribution >= 4 is 22.7 Å². The van der Waals surface area contributed by atoms with E-state index in [0.29, 0.717) is 31.2 Å². The molecule has 0 amide bonds. The van der Waals surface area contributed by atoms with Gasteiger partial charge in [0.05, 0.1) is 18.1 Å². The van der Waals surface area contributed by atoms with Crippen LogP contribution in [0.4, 0.5) is 0 Å². The van der Waals surface area contributed by atoms with E-state index in [1.54, 1.807) is 24.3 Å². The fraction of sp³-hybridized carbons (Fsp3) is 0.400. The summed E-state index contributed by atoms with van der Waals surface area (Å²) in [6.07, 6.45) is 0. The van der Waals surface area contributed by atoms with Crippen LogP contribution in [0.2, 0.25) is 0 Å². The first-order chi connectivity index (χ1) is 7.62. The van der Waals surface area contributed by atoms with Crippen LogP contribution >= 0.6 is 12.6 Å². The summed E-state index contributed by atoms with van der Waals surface area (Å²) >= 11 is 4.17. The predicted octanol–water partition coefficient (Wildman–Crippen LogP) is 0.996. The molecule has 4 nitrogen and oxygen atoms in total. The Labute approximate surface area is 101 Å². The lowest BCUT2D eigenvalue weighted by molar-refractivity contribution is 0.0729. The van der Waals surface area contributed by atoms with Crippen LogP contribution in [0.3, 0.4) is 0 Å². The van der Waals surface area contributed by atoms with Crippen LogP contribution in [0.25, 0.3) is 0 Å². The Balaban J connectivity index is 2.35. The molecular formula is C10H13NO3S2. The first kappa shape index (κ1) is 11.9. The monoisotopic (exact) mass is 259 g/mol. The molecule has 0 aromatic heterocycles. The molecule has 0 aliphatic carbocycles. The Kier molecular flexibility index (Phi) is 3.53. The molecule has 0 N–H and O–H groups in total. The molecule has 1 saturated heterocycles. The molecule has 1 aromatic carbocycles. The van der Waals surface area contributed by atoms with E-state index in [4.69, 9.17) is 4.74 Å². The van der Waals surface area contributed by atoms with E-state index >= 15 is 0 Å². The molecule has 1 aliphatic heterocycles. The number of thiol groups is 1. The van der Waals surface area contributed by atoms with E-state index < -0.39 is 10.0 Å². The zero-order chi connectivity index (χ0) is 11.6. The van der Waals surface area contributed by atoms with Crippen LogP contribution < -0.4 is 0 Å². The highest BCUT2D eigenvalue weighted by atomic mass is 32.2. The Morgan fingerprint density at radius 2 is 1.81 bits per heavy atom. The van der Waals surface area contributed by atoms with Crippen molar-refractivity contribution in [2.75, 3.05) is 26.3 Å². The normalized spacial score (nSPS) is 18.6. The molecule has 1 heterocycles. The van der Waals surface area contributed by atoms with Gasteiger partial charge in [0.2, 0.25) is 10.0 Å². The molecule has 0 unspecified atom stereocenters. The average Bonchev–Trinajstić information content (AvgIpc) is 2.30. The third-order valence-electron chi connectivity index (χ3n) is 2.45. The Morgan fingerprint density at radius 1 is 1.19 bits per heavy atom. The molecule has 1 aliphatic rings. The lowest BCUT2D eigenvalue weighted by Gasteiger charge is -2.26. The molecule has 0 spiro atoms. The van der Waals surface area contributed by atoms with E-state index in [1.165, 1.54) is 4.31 Å². The molecule has 6 heteroatoms. The largest absolute Gasteiger partial charge is 0.379 e. The number of morpholine rings is 1. The first-order valence-corrected chi connectivity index (χ1v) is 6.87. The minimum atomic E-state index is -3.42. The SMILES string of the molecule is O=S(=O)(c1ccccc1S)N1CCOCC1. The quantitative estimate of drug-likeness (QED) is 0.806. The van der Waals surface area contributed by atoms with Crippen LogP contribution in [0, 0.1) is 0 Å². The second kappa shape index (κ2) is 4.75. The molecular weight excluding hydrogens is 246 g/mol. The number of ether oxygens (including phenoxy) is 1. The van der Waals surface area contributed by atoms with Crippen molar-refractivity contribution in [2.24, 2.45) is 0 Å². The van der Waals surface area contributed by atoms with Gasteiger partial charge in [-0.25, -0.2) is 8.42 Å². The van der Waals surface area contributed by atoms with Crippen LogP contribution in [-0.2, 0) is 14.8 Å². The minimum absolute atomic E-state index is 0.264. The zero-order valence-corrected chi connectivity index (χ0v) is 10.4. The van der Waals surface area contributed by atoms with Gasteiger partial charge in [0.15, 0.2) is 0 Å². The maximum Gasteiger partial charge on any atom is 0.244 e. The van der Waals surface area contributed by atoms with Gasteiger partial charge < -0.3 is 4.74 Å². The summed E-state index contributed by atoms with van der Waals surface area (Å²) in [4.78, 5) is 0.745. The summed E-state index contributed by atoms with van der Waals surface area (Å²) < 4.78 is 31.0. The maximum atomic E-state index is 12.2. The van der Waals surface area contributed by atoms with Gasteiger partial charge in [-0.05, 0) is 12.1 Å². The Bertz CT molecular complexity index is 467. The van der Waals surface area contributed by atoms with Crippen molar-refractivity contribution in [1.82, 2.24) is 4.31 Å². The molecule has 0 saturated carbocycles. The highest BCUT2D eigenvalue weighted by Crippen LogP contribution is 2.23. The lowest BCUT2D eigenvalue weighted by Crippen LogP contribution is -2.40. The van der Waals surface area contributed by atoms with Crippen LogP contribution in [0.15, 0.2) is 34.1 Å². The maximum absolute atomic E-state index is 12.2. The van der Waals surface area contributed by atoms with Gasteiger partial charge in [-0.15, -0.1) is 12.6 Å². The molecule has 0 atom stereocenters. The fourth-order valence-electron chi connectivity index (χ4n) is 1.60. The van der Waals surface area contributed by atoms with Gasteiger partial charge in [0.1, 0.15) is 0 Å². The summed E-state index contributed by atoms with van der Waals surface area (Å²) in [5, 5.41) is 0. The topological polar surface area (TPSA) is 46.6 Å². The van der Waals surface area contributed by atoms with Crippen molar-refractivity contribution in [3.05, 3.63) is 24.3 Å². The number of hydrogen-bond donors (Lipinski definition) is 1. The Morgan fingerprint density at radius 3 is 2.44 bits per heavy atom. The predicted molar refractivity (Wildman–Crippen MR) is 63.3 cm³/mol. The van der Waals surface area contributed by atoms with Gasteiger partial charge in [-0.2, -0.15) is 4.31 Å². The lowest BCUT2D eigenvalue weighted by atomic mass is 10.4. The second-order valence-electron chi connectivity index (χ2n) is 3.48. The summed E-state index contributed by atoms with van der Waals surface area (Å²) in [7, 11) is -3.42. The van der Waals surface area contributed by atoms with Crippen molar-refractivity contribution in [1.29, 1.82) is 0 Å². The fourth-order valence-corrected chi connectivity index (χ4v) is 3.60. The third-order valence-corrected chi connectivity index (χ3v) is 4.95. The highest BCUT2D eigenvalue weighted by molar-refractivity contribution is 7.90. The van der Waals surface area contributed by atoms with Crippen LogP contribution in [-0.4, -0.2) is 39.0 Å². The second-order valence-corrected chi connectivity index (χ2v) is 5.87. The first-order valence-electron chi connectivity index (χ1n) is 4.98. The van der Waals surface area contributed by atoms with Gasteiger partial charge >= 0.3 is 0 Å². The van der Waals surface area contributed by atoms with E-state index in [9.17, 15) is 8.42 Å². The molecule has 88 valence electrons. The van der Waals surface area contributed by atoms with Crippen LogP contribution in [0.5, 0.6) is 0 Å². The summed E-state index contributed by atoms with van der Waals surface area (Å²) in [6, 6.07) is 6.72. The molecule has 16 heavy (non-hydrogen) atoms. The molecule has 0 bridgehead atoms. The smallest absolute Gasteiger partial charge is 0.244 e. The van der Waals surface area contributed by atoms with Crippen LogP contribution in [0.1, 0.15) is 0 Å². The number of nitrogens with zero attached hydrogens (tertiary/aromatic N) is 1. The summed E-state index contributed by atoms with van der Waals surface area (Å²) in [5.41, 5.74) is 0. The zero-order valence-electron chi connectivity index (χ0n) is 8.67. The van der Waals surface area contributed by atoms with E-state index in [-0.39, 0.29) is 4.90 Å². The van der Waals surface area contributed by atoms with E-state index in [2.05, 4.69) is 12.6 Å². The van der Waals surface area contributed by atoms with Gasteiger partial charge in [-0.3, -0.25) is 0 Å². The Hall–Kier alpha value is -0.560. The molecule has 1 aromatic rings. The summed E-state index contributed by atoms with van der Waals surface area (Å²) in [6.45, 7) is 1.72. The van der Waals surface area contributed by atoms with Gasteiger partial charge in [0.25, 0.3) is 0 Å². The van der Waals surface area contributed by atoms with Crippen molar-refractivity contribution in [3.63, 3.8) is 0 Å². The van der Waals surface area contributed by atoms with Crippen molar-refractivity contribution < 1.29 is 13.2 Å². The third kappa shape index (κ3) is 2.24. The molecule has 2 rings (SSSR count).